The highest BCUT2D eigenvalue weighted by molar-refractivity contribution is 7.80. The smallest absolute Gasteiger partial charge is 0.397 e. The van der Waals surface area contributed by atoms with Crippen molar-refractivity contribution in [2.45, 2.75) is 224 Å². The predicted octanol–water partition coefficient (Wildman–Crippen LogP) is 8.13. The zero-order valence-corrected chi connectivity index (χ0v) is 34.2. The van der Waals surface area contributed by atoms with E-state index >= 15 is 0 Å². The van der Waals surface area contributed by atoms with E-state index in [-0.39, 0.29) is 19.6 Å². The zero-order chi connectivity index (χ0) is 39.0. The molecule has 6 unspecified atom stereocenters. The molecule has 0 spiro atoms. The molecule has 1 aliphatic rings. The number of hydrogen-bond acceptors (Lipinski definition) is 11. The number of unbranched alkanes of at least 4 members (excludes halogenated alkanes) is 24. The fourth-order valence-corrected chi connectivity index (χ4v) is 7.24. The van der Waals surface area contributed by atoms with E-state index in [0.29, 0.717) is 13.0 Å². The van der Waals surface area contributed by atoms with Crippen LogP contribution in [0.3, 0.4) is 0 Å². The van der Waals surface area contributed by atoms with Crippen LogP contribution in [0.1, 0.15) is 187 Å². The lowest BCUT2D eigenvalue weighted by Crippen LogP contribution is -2.60. The largest absolute Gasteiger partial charge is 0.457 e. The molecule has 6 atom stereocenters. The lowest BCUT2D eigenvalue weighted by Gasteiger charge is -2.41. The Balaban J connectivity index is 2.35. The van der Waals surface area contributed by atoms with Crippen LogP contribution in [0, 0.1) is 0 Å². The van der Waals surface area contributed by atoms with E-state index in [0.717, 1.165) is 38.5 Å². The zero-order valence-electron chi connectivity index (χ0n) is 33.3. The van der Waals surface area contributed by atoms with E-state index in [2.05, 4.69) is 18.0 Å². The minimum Gasteiger partial charge on any atom is -0.457 e. The first-order chi connectivity index (χ1) is 25.6. The summed E-state index contributed by atoms with van der Waals surface area (Å²) in [5.41, 5.74) is 0. The summed E-state index contributed by atoms with van der Waals surface area (Å²) in [4.78, 5) is 12.8. The third kappa shape index (κ3) is 27.4. The molecule has 0 radical (unpaired) electrons. The molecule has 1 heterocycles. The Morgan fingerprint density at radius 3 is 1.51 bits per heavy atom. The molecule has 1 rings (SSSR count). The van der Waals surface area contributed by atoms with Crippen molar-refractivity contribution in [2.24, 2.45) is 0 Å². The third-order valence-corrected chi connectivity index (χ3v) is 10.4. The van der Waals surface area contributed by atoms with Gasteiger partial charge >= 0.3 is 16.4 Å². The van der Waals surface area contributed by atoms with E-state index in [1.165, 1.54) is 122 Å². The summed E-state index contributed by atoms with van der Waals surface area (Å²) in [6.45, 7) is 3.97. The van der Waals surface area contributed by atoms with Gasteiger partial charge in [-0.25, -0.2) is 4.18 Å². The predicted molar refractivity (Wildman–Crippen MR) is 207 cm³/mol. The Hall–Kier alpha value is -0.900. The highest BCUT2D eigenvalue weighted by atomic mass is 32.3. The molecule has 0 aromatic carbocycles. The van der Waals surface area contributed by atoms with Crippen molar-refractivity contribution in [3.63, 3.8) is 0 Å². The molecule has 316 valence electrons. The number of ether oxygens (including phenoxy) is 4. The van der Waals surface area contributed by atoms with E-state index < -0.39 is 59.8 Å². The molecule has 0 saturated carbocycles. The van der Waals surface area contributed by atoms with Crippen LogP contribution in [0.25, 0.3) is 0 Å². The molecule has 13 heteroatoms. The average molecular weight is 783 g/mol. The summed E-state index contributed by atoms with van der Waals surface area (Å²) < 4.78 is 58.7. The third-order valence-electron chi connectivity index (χ3n) is 9.98. The molecule has 0 aromatic heterocycles. The molecule has 0 bridgehead atoms. The highest BCUT2D eigenvalue weighted by Crippen LogP contribution is 2.26. The first-order valence-corrected chi connectivity index (χ1v) is 22.7. The maximum Gasteiger partial charge on any atom is 0.397 e. The van der Waals surface area contributed by atoms with Gasteiger partial charge in [0.25, 0.3) is 0 Å². The molecule has 1 saturated heterocycles. The fraction of sp³-hybridized carbons (Fsp3) is 0.975. The molecule has 0 amide bonds. The summed E-state index contributed by atoms with van der Waals surface area (Å²) in [5.74, 6) is -0.397. The summed E-state index contributed by atoms with van der Waals surface area (Å²) in [6, 6.07) is 0. The van der Waals surface area contributed by atoms with E-state index in [1.54, 1.807) is 0 Å². The van der Waals surface area contributed by atoms with E-state index in [4.69, 9.17) is 23.5 Å². The van der Waals surface area contributed by atoms with Gasteiger partial charge in [0.05, 0.1) is 19.8 Å². The number of carbonyl (C=O) groups is 1. The van der Waals surface area contributed by atoms with Crippen LogP contribution < -0.4 is 0 Å². The highest BCUT2D eigenvalue weighted by Gasteiger charge is 2.48. The Kier molecular flexibility index (Phi) is 31.5. The molecular formula is C40H78O12S. The second kappa shape index (κ2) is 33.3. The van der Waals surface area contributed by atoms with Crippen molar-refractivity contribution in [3.05, 3.63) is 0 Å². The lowest BCUT2D eigenvalue weighted by molar-refractivity contribution is -0.301. The van der Waals surface area contributed by atoms with Gasteiger partial charge in [0.1, 0.15) is 30.5 Å². The number of aliphatic hydroxyl groups excluding tert-OH is 3. The number of hydrogen-bond donors (Lipinski definition) is 4. The van der Waals surface area contributed by atoms with Gasteiger partial charge in [-0.15, -0.1) is 0 Å². The quantitative estimate of drug-likeness (QED) is 0.0271. The van der Waals surface area contributed by atoms with Gasteiger partial charge < -0.3 is 34.3 Å². The van der Waals surface area contributed by atoms with Crippen LogP contribution >= 0.6 is 0 Å². The Labute approximate surface area is 322 Å². The van der Waals surface area contributed by atoms with E-state index in [1.807, 2.05) is 0 Å². The molecule has 0 aromatic rings. The molecular weight excluding hydrogens is 704 g/mol. The molecule has 53 heavy (non-hydrogen) atoms. The van der Waals surface area contributed by atoms with Crippen molar-refractivity contribution in [1.29, 1.82) is 0 Å². The maximum absolute atomic E-state index is 12.8. The van der Waals surface area contributed by atoms with Crippen LogP contribution in [0.15, 0.2) is 0 Å². The lowest BCUT2D eigenvalue weighted by atomic mass is 9.99. The van der Waals surface area contributed by atoms with Gasteiger partial charge in [-0.3, -0.25) is 9.35 Å². The standard InChI is InChI=1S/C40H78O12S/c1-3-5-7-9-11-12-13-14-15-16-17-18-19-20-21-22-23-25-27-29-36(42)50-34(32-48-30-28-26-24-10-8-6-4-2)33-49-40-38(44)39(52-53(45,46)47)37(43)35(31-41)51-40/h34-35,37-41,43-44H,3-33H2,1-2H3,(H,45,46,47). The number of aliphatic hydroxyl groups is 3. The van der Waals surface area contributed by atoms with Crippen molar-refractivity contribution < 1.29 is 56.2 Å². The summed E-state index contributed by atoms with van der Waals surface area (Å²) >= 11 is 0. The molecule has 0 aliphatic carbocycles. The monoisotopic (exact) mass is 783 g/mol. The Morgan fingerprint density at radius 1 is 0.642 bits per heavy atom. The van der Waals surface area contributed by atoms with Crippen LogP contribution in [-0.4, -0.2) is 97.5 Å². The Morgan fingerprint density at radius 2 is 1.08 bits per heavy atom. The topological polar surface area (TPSA) is 178 Å². The van der Waals surface area contributed by atoms with Gasteiger partial charge in [0.2, 0.25) is 0 Å². The first kappa shape index (κ1) is 50.1. The van der Waals surface area contributed by atoms with Crippen LogP contribution in [0.5, 0.6) is 0 Å². The van der Waals surface area contributed by atoms with Crippen molar-refractivity contribution >= 4 is 16.4 Å². The Bertz CT molecular complexity index is 952. The molecule has 12 nitrogen and oxygen atoms in total. The number of carbonyl (C=O) groups excluding carboxylic acids is 1. The van der Waals surface area contributed by atoms with Gasteiger partial charge in [0, 0.05) is 13.0 Å². The van der Waals surface area contributed by atoms with Crippen LogP contribution in [-0.2, 0) is 38.3 Å². The molecule has 1 fully saturated rings. The van der Waals surface area contributed by atoms with E-state index in [9.17, 15) is 28.5 Å². The minimum absolute atomic E-state index is 0.0422. The van der Waals surface area contributed by atoms with Crippen molar-refractivity contribution in [1.82, 2.24) is 0 Å². The summed E-state index contributed by atoms with van der Waals surface area (Å²) in [6.07, 6.45) is 23.1. The van der Waals surface area contributed by atoms with Crippen molar-refractivity contribution in [3.8, 4) is 0 Å². The maximum atomic E-state index is 12.8. The second-order valence-electron chi connectivity index (χ2n) is 15.0. The van der Waals surface area contributed by atoms with Gasteiger partial charge in [-0.2, -0.15) is 8.42 Å². The van der Waals surface area contributed by atoms with Crippen LogP contribution in [0.2, 0.25) is 0 Å². The normalized spacial score (nSPS) is 21.2. The molecule has 1 aliphatic heterocycles. The fourth-order valence-electron chi connectivity index (χ4n) is 6.73. The SMILES string of the molecule is CCCCCCCCCCCCCCCCCCCCCC(=O)OC(COCCCCCCCCC)COC1OC(CO)C(O)C(OS(=O)(=O)O)C1O. The van der Waals surface area contributed by atoms with Gasteiger partial charge in [-0.1, -0.05) is 168 Å². The van der Waals surface area contributed by atoms with Gasteiger partial charge in [-0.05, 0) is 12.8 Å². The molecule has 4 N–H and O–H groups in total. The van der Waals surface area contributed by atoms with Crippen molar-refractivity contribution in [2.75, 3.05) is 26.4 Å². The number of rotatable bonds is 37. The summed E-state index contributed by atoms with van der Waals surface area (Å²) in [5, 5.41) is 30.5. The average Bonchev–Trinajstić information content (AvgIpc) is 3.12. The van der Waals surface area contributed by atoms with Gasteiger partial charge in [0.15, 0.2) is 6.29 Å². The first-order valence-electron chi connectivity index (χ1n) is 21.3. The van der Waals surface area contributed by atoms with Crippen LogP contribution in [0.4, 0.5) is 0 Å². The minimum atomic E-state index is -5.05. The second-order valence-corrected chi connectivity index (χ2v) is 16.0. The summed E-state index contributed by atoms with van der Waals surface area (Å²) in [7, 11) is -5.05. The number of esters is 1.